The van der Waals surface area contributed by atoms with Crippen LogP contribution in [0.25, 0.3) is 0 Å². The van der Waals surface area contributed by atoms with Crippen molar-refractivity contribution in [2.45, 2.75) is 19.3 Å². The van der Waals surface area contributed by atoms with Gasteiger partial charge in [-0.15, -0.1) is 0 Å². The molecule has 4 nitrogen and oxygen atoms in total. The summed E-state index contributed by atoms with van der Waals surface area (Å²) in [7, 11) is 0. The summed E-state index contributed by atoms with van der Waals surface area (Å²) in [4.78, 5) is 29.9. The summed E-state index contributed by atoms with van der Waals surface area (Å²) in [5.41, 5.74) is 0.577. The van der Waals surface area contributed by atoms with Crippen LogP contribution in [0.5, 0.6) is 0 Å². The Balaban J connectivity index is 0.000000441. The second kappa shape index (κ2) is 8.34. The van der Waals surface area contributed by atoms with E-state index in [9.17, 15) is 40.7 Å². The average molecular weight is 398 g/mol. The van der Waals surface area contributed by atoms with Crippen LogP contribution in [-0.2, 0) is 14.4 Å². The molecule has 0 aromatic heterocycles. The van der Waals surface area contributed by atoms with Crippen molar-refractivity contribution < 1.29 is 40.7 Å². The van der Waals surface area contributed by atoms with E-state index in [2.05, 4.69) is 5.32 Å². The number of anilines is 1. The van der Waals surface area contributed by atoms with Crippen LogP contribution >= 0.6 is 23.2 Å². The lowest BCUT2D eigenvalue weighted by Gasteiger charge is -2.05. The molecule has 1 amide bonds. The lowest BCUT2D eigenvalue weighted by molar-refractivity contribution is -0.193. The van der Waals surface area contributed by atoms with Crippen molar-refractivity contribution in [3.05, 3.63) is 28.2 Å². The third-order valence-electron chi connectivity index (χ3n) is 1.96. The van der Waals surface area contributed by atoms with Gasteiger partial charge in [0.25, 0.3) is 0 Å². The van der Waals surface area contributed by atoms with E-state index in [4.69, 9.17) is 23.2 Å². The summed E-state index contributed by atoms with van der Waals surface area (Å²) in [5, 5.41) is 3.56. The fourth-order valence-corrected chi connectivity index (χ4v) is 1.49. The molecule has 0 aliphatic rings. The van der Waals surface area contributed by atoms with Crippen molar-refractivity contribution >= 4 is 46.4 Å². The lowest BCUT2D eigenvalue weighted by Crippen LogP contribution is -2.39. The Morgan fingerprint density at radius 2 is 1.33 bits per heavy atom. The topological polar surface area (TPSA) is 63.2 Å². The van der Waals surface area contributed by atoms with Crippen LogP contribution in [0.2, 0.25) is 10.0 Å². The molecule has 24 heavy (non-hydrogen) atoms. The number of Topliss-reactive ketones (excluding diaryl/α,β-unsaturated/α-hetero) is 2. The van der Waals surface area contributed by atoms with E-state index < -0.39 is 23.9 Å². The highest BCUT2D eigenvalue weighted by molar-refractivity contribution is 6.41. The van der Waals surface area contributed by atoms with Crippen LogP contribution in [0.1, 0.15) is 6.92 Å². The largest absolute Gasteiger partial charge is 0.458 e. The second-order valence-corrected chi connectivity index (χ2v) is 4.80. The predicted molar refractivity (Wildman–Crippen MR) is 72.9 cm³/mol. The maximum Gasteiger partial charge on any atom is 0.458 e. The number of alkyl halides is 6. The molecule has 0 saturated heterocycles. The maximum absolute atomic E-state index is 11.2. The van der Waals surface area contributed by atoms with Gasteiger partial charge in [0.1, 0.15) is 0 Å². The van der Waals surface area contributed by atoms with Crippen molar-refractivity contribution in [1.82, 2.24) is 0 Å². The van der Waals surface area contributed by atoms with Crippen molar-refractivity contribution in [3.8, 4) is 0 Å². The molecule has 0 spiro atoms. The summed E-state index contributed by atoms with van der Waals surface area (Å²) in [6, 6.07) is 4.90. The maximum atomic E-state index is 11.2. The number of ketones is 2. The highest BCUT2D eigenvalue weighted by atomic mass is 35.5. The van der Waals surface area contributed by atoms with E-state index in [1.165, 1.54) is 6.92 Å². The molecule has 1 aromatic rings. The number of rotatable bonds is 2. The first kappa shape index (κ1) is 22.2. The van der Waals surface area contributed by atoms with E-state index in [0.29, 0.717) is 15.7 Å². The van der Waals surface area contributed by atoms with Crippen LogP contribution in [-0.4, -0.2) is 29.8 Å². The zero-order valence-corrected chi connectivity index (χ0v) is 13.0. The number of hydrogen-bond acceptors (Lipinski definition) is 3. The fraction of sp³-hybridized carbons (Fsp3) is 0.250. The summed E-state index contributed by atoms with van der Waals surface area (Å²) in [5.74, 6) is -6.97. The minimum atomic E-state index is -5.77. The van der Waals surface area contributed by atoms with Gasteiger partial charge < -0.3 is 5.32 Å². The third-order valence-corrected chi connectivity index (χ3v) is 2.51. The van der Waals surface area contributed by atoms with Crippen LogP contribution in [0.4, 0.5) is 32.0 Å². The first-order chi connectivity index (χ1) is 10.7. The van der Waals surface area contributed by atoms with E-state index in [1.54, 1.807) is 18.2 Å². The first-order valence-electron chi connectivity index (χ1n) is 5.61. The van der Waals surface area contributed by atoms with Crippen molar-refractivity contribution in [3.63, 3.8) is 0 Å². The molecule has 0 atom stereocenters. The molecule has 12 heteroatoms. The van der Waals surface area contributed by atoms with Gasteiger partial charge in [0.05, 0.1) is 10.7 Å². The van der Waals surface area contributed by atoms with E-state index in [0.717, 1.165) is 0 Å². The van der Waals surface area contributed by atoms with Gasteiger partial charge in [-0.3, -0.25) is 14.4 Å². The molecule has 0 bridgehead atoms. The molecule has 0 fully saturated rings. The predicted octanol–water partition coefficient (Wildman–Crippen LogP) is 4.20. The summed E-state index contributed by atoms with van der Waals surface area (Å²) in [6.07, 6.45) is -11.5. The van der Waals surface area contributed by atoms with Gasteiger partial charge in [-0.2, -0.15) is 26.3 Å². The average Bonchev–Trinajstić information content (AvgIpc) is 2.38. The highest BCUT2D eigenvalue weighted by Gasteiger charge is 2.54. The zero-order chi connectivity index (χ0) is 19.3. The molecular formula is C12H7Cl2F6NO3. The molecule has 0 saturated carbocycles. The number of halogens is 8. The number of carbonyl (C=O) groups excluding carboxylic acids is 3. The number of carbonyl (C=O) groups is 3. The molecule has 134 valence electrons. The van der Waals surface area contributed by atoms with Gasteiger partial charge in [-0.05, 0) is 18.2 Å². The minimum absolute atomic E-state index is 0.153. The Kier molecular flexibility index (Phi) is 7.71. The highest BCUT2D eigenvalue weighted by Crippen LogP contribution is 2.25. The van der Waals surface area contributed by atoms with Gasteiger partial charge in [0.2, 0.25) is 5.91 Å². The minimum Gasteiger partial charge on any atom is -0.325 e. The number of nitrogens with one attached hydrogen (secondary N) is 1. The summed E-state index contributed by atoms with van der Waals surface area (Å²) in [6.45, 7) is 1.42. The van der Waals surface area contributed by atoms with Gasteiger partial charge in [0, 0.05) is 11.9 Å². The lowest BCUT2D eigenvalue weighted by atomic mass is 10.2. The molecule has 1 aromatic carbocycles. The van der Waals surface area contributed by atoms with E-state index >= 15 is 0 Å². The Hall–Kier alpha value is -1.81. The van der Waals surface area contributed by atoms with Crippen molar-refractivity contribution in [2.75, 3.05) is 5.32 Å². The Morgan fingerprint density at radius 1 is 0.917 bits per heavy atom. The second-order valence-electron chi connectivity index (χ2n) is 3.96. The monoisotopic (exact) mass is 397 g/mol. The van der Waals surface area contributed by atoms with Gasteiger partial charge in [-0.1, -0.05) is 23.2 Å². The van der Waals surface area contributed by atoms with Gasteiger partial charge >= 0.3 is 23.9 Å². The molecule has 0 radical (unpaired) electrons. The Morgan fingerprint density at radius 3 is 1.62 bits per heavy atom. The van der Waals surface area contributed by atoms with E-state index in [1.807, 2.05) is 0 Å². The van der Waals surface area contributed by atoms with E-state index in [-0.39, 0.29) is 5.91 Å². The number of amides is 1. The summed E-state index contributed by atoms with van der Waals surface area (Å²) >= 11 is 11.4. The molecular weight excluding hydrogens is 391 g/mol. The Bertz CT molecular complexity index is 619. The van der Waals surface area contributed by atoms with Crippen molar-refractivity contribution in [2.24, 2.45) is 0 Å². The number of benzene rings is 1. The smallest absolute Gasteiger partial charge is 0.325 e. The molecule has 0 aliphatic carbocycles. The van der Waals surface area contributed by atoms with Gasteiger partial charge in [-0.25, -0.2) is 0 Å². The molecule has 1 N–H and O–H groups in total. The van der Waals surface area contributed by atoms with Crippen LogP contribution in [0, 0.1) is 0 Å². The molecule has 0 heterocycles. The summed E-state index contributed by atoms with van der Waals surface area (Å²) < 4.78 is 67.0. The van der Waals surface area contributed by atoms with Crippen LogP contribution in [0.3, 0.4) is 0 Å². The van der Waals surface area contributed by atoms with Crippen LogP contribution < -0.4 is 5.32 Å². The normalized spacial score (nSPS) is 11.2. The molecule has 1 rings (SSSR count). The number of hydrogen-bond donors (Lipinski definition) is 1. The molecule has 0 aliphatic heterocycles. The standard InChI is InChI=1S/C8H7Cl2NO.C4F6O2/c1-5(12)11-8-3-2-6(9)4-7(8)10;5-3(6,7)1(11)2(12)4(8,9)10/h2-4H,1H3,(H,11,12);. The quantitative estimate of drug-likeness (QED) is 0.600. The Labute approximate surface area is 140 Å². The van der Waals surface area contributed by atoms with Crippen LogP contribution in [0.15, 0.2) is 18.2 Å². The first-order valence-corrected chi connectivity index (χ1v) is 6.37. The fourth-order valence-electron chi connectivity index (χ4n) is 1.04. The zero-order valence-electron chi connectivity index (χ0n) is 11.5. The molecule has 0 unspecified atom stereocenters. The third kappa shape index (κ3) is 7.64. The van der Waals surface area contributed by atoms with Gasteiger partial charge in [0.15, 0.2) is 0 Å². The SMILES string of the molecule is CC(=O)Nc1ccc(Cl)cc1Cl.O=C(C(=O)C(F)(F)F)C(F)(F)F. The van der Waals surface area contributed by atoms with Crippen molar-refractivity contribution in [1.29, 1.82) is 0 Å².